The summed E-state index contributed by atoms with van der Waals surface area (Å²) in [6.07, 6.45) is -0.610. The average Bonchev–Trinajstić information content (AvgIpc) is 2.99. The lowest BCUT2D eigenvalue weighted by Gasteiger charge is -2.31. The molecule has 0 bridgehead atoms. The van der Waals surface area contributed by atoms with Gasteiger partial charge in [-0.2, -0.15) is 0 Å². The number of hydrogen-bond donors (Lipinski definition) is 0. The van der Waals surface area contributed by atoms with E-state index >= 15 is 0 Å². The van der Waals surface area contributed by atoms with Crippen molar-refractivity contribution in [1.82, 2.24) is 4.90 Å². The van der Waals surface area contributed by atoms with Crippen LogP contribution in [0.25, 0.3) is 0 Å². The van der Waals surface area contributed by atoms with E-state index in [0.29, 0.717) is 48.7 Å². The molecule has 1 unspecified atom stereocenters. The first kappa shape index (κ1) is 27.9. The molecule has 39 heavy (non-hydrogen) atoms. The first-order chi connectivity index (χ1) is 18.9. The van der Waals surface area contributed by atoms with Gasteiger partial charge in [0.1, 0.15) is 12.4 Å². The van der Waals surface area contributed by atoms with Gasteiger partial charge in [0, 0.05) is 24.2 Å². The number of Topliss-reactive ketones (excluding diaryl/α,β-unsaturated/α-hetero) is 1. The van der Waals surface area contributed by atoms with Gasteiger partial charge in [-0.25, -0.2) is 4.79 Å². The molecule has 1 heterocycles. The Hall–Kier alpha value is -4.13. The Labute approximate surface area is 229 Å². The molecule has 204 valence electrons. The molecular weight excluding hydrogens is 494 g/mol. The van der Waals surface area contributed by atoms with Crippen molar-refractivity contribution in [3.05, 3.63) is 101 Å². The number of piperidine rings is 1. The fourth-order valence-electron chi connectivity index (χ4n) is 4.56. The summed E-state index contributed by atoms with van der Waals surface area (Å²) in [7, 11) is 1.57. The molecule has 7 nitrogen and oxygen atoms in total. The number of esters is 1. The molecule has 0 aliphatic carbocycles. The number of hydrogen-bond acceptors (Lipinski definition) is 6. The highest BCUT2D eigenvalue weighted by atomic mass is 16.6. The Bertz CT molecular complexity index is 1250. The van der Waals surface area contributed by atoms with Crippen molar-refractivity contribution in [1.29, 1.82) is 0 Å². The molecule has 7 heteroatoms. The summed E-state index contributed by atoms with van der Waals surface area (Å²) in [5, 5.41) is 0. The highest BCUT2D eigenvalue weighted by Gasteiger charge is 2.33. The summed E-state index contributed by atoms with van der Waals surface area (Å²) in [5.41, 5.74) is 3.09. The minimum Gasteiger partial charge on any atom is -0.497 e. The third-order valence-electron chi connectivity index (χ3n) is 7.04. The number of nitrogens with zero attached hydrogens (tertiary/aromatic N) is 1. The molecule has 0 saturated carbocycles. The average molecular weight is 530 g/mol. The zero-order valence-electron chi connectivity index (χ0n) is 22.7. The van der Waals surface area contributed by atoms with Gasteiger partial charge in [0.25, 0.3) is 0 Å². The Balaban J connectivity index is 1.40. The van der Waals surface area contributed by atoms with Crippen LogP contribution in [0.5, 0.6) is 5.75 Å². The van der Waals surface area contributed by atoms with Gasteiger partial charge in [-0.05, 0) is 42.0 Å². The number of benzene rings is 3. The molecule has 0 aromatic heterocycles. The maximum Gasteiger partial charge on any atom is 0.410 e. The van der Waals surface area contributed by atoms with E-state index in [0.717, 1.165) is 11.1 Å². The van der Waals surface area contributed by atoms with Crippen molar-refractivity contribution in [2.24, 2.45) is 5.92 Å². The Kier molecular flexibility index (Phi) is 9.36. The van der Waals surface area contributed by atoms with Gasteiger partial charge in [-0.1, -0.05) is 80.6 Å². The Morgan fingerprint density at radius 3 is 2.05 bits per heavy atom. The van der Waals surface area contributed by atoms with Crippen LogP contribution in [0, 0.1) is 5.92 Å². The van der Waals surface area contributed by atoms with Crippen molar-refractivity contribution in [2.45, 2.75) is 45.3 Å². The van der Waals surface area contributed by atoms with Gasteiger partial charge in [0.15, 0.2) is 6.10 Å². The molecule has 1 aliphatic heterocycles. The highest BCUT2D eigenvalue weighted by molar-refractivity contribution is 6.01. The third-order valence-corrected chi connectivity index (χ3v) is 7.04. The lowest BCUT2D eigenvalue weighted by molar-refractivity contribution is -0.153. The highest BCUT2D eigenvalue weighted by Crippen LogP contribution is 2.29. The van der Waals surface area contributed by atoms with Crippen molar-refractivity contribution in [2.75, 3.05) is 20.2 Å². The van der Waals surface area contributed by atoms with E-state index in [1.54, 1.807) is 48.4 Å². The minimum atomic E-state index is -1.08. The molecule has 1 atom stereocenters. The van der Waals surface area contributed by atoms with Gasteiger partial charge in [-0.3, -0.25) is 9.59 Å². The van der Waals surface area contributed by atoms with Gasteiger partial charge in [0.05, 0.1) is 13.0 Å². The van der Waals surface area contributed by atoms with E-state index in [2.05, 4.69) is 13.8 Å². The maximum absolute atomic E-state index is 13.6. The molecule has 0 spiro atoms. The summed E-state index contributed by atoms with van der Waals surface area (Å²) in [6, 6.07) is 23.9. The number of ether oxygens (including phenoxy) is 3. The van der Waals surface area contributed by atoms with Gasteiger partial charge >= 0.3 is 12.1 Å². The van der Waals surface area contributed by atoms with E-state index in [4.69, 9.17) is 14.2 Å². The van der Waals surface area contributed by atoms with Gasteiger partial charge < -0.3 is 19.1 Å². The standard InChI is InChI=1S/C32H35NO6/c1-22(2)24-9-11-25(12-10-24)29(34)30(26-13-15-28(37-3)16-14-26)39-31(35)27-17-19-33(20-18-27)32(36)38-21-23-7-5-4-6-8-23/h4-16,22,27,30H,17-21H2,1-3H3. The number of ketones is 1. The van der Waals surface area contributed by atoms with Crippen LogP contribution >= 0.6 is 0 Å². The van der Waals surface area contributed by atoms with Crippen LogP contribution in [0.1, 0.15) is 65.8 Å². The van der Waals surface area contributed by atoms with Crippen LogP contribution < -0.4 is 4.74 Å². The molecule has 3 aromatic rings. The van der Waals surface area contributed by atoms with E-state index in [9.17, 15) is 14.4 Å². The lowest BCUT2D eigenvalue weighted by Crippen LogP contribution is -2.41. The number of methoxy groups -OCH3 is 1. The second kappa shape index (κ2) is 13.1. The third kappa shape index (κ3) is 7.25. The van der Waals surface area contributed by atoms with Gasteiger partial charge in [0.2, 0.25) is 5.78 Å². The predicted octanol–water partition coefficient (Wildman–Crippen LogP) is 6.33. The summed E-state index contributed by atoms with van der Waals surface area (Å²) in [4.78, 5) is 40.9. The summed E-state index contributed by atoms with van der Waals surface area (Å²) < 4.78 is 16.5. The molecule has 1 fully saturated rings. The zero-order chi connectivity index (χ0) is 27.8. The van der Waals surface area contributed by atoms with Crippen LogP contribution in [0.4, 0.5) is 4.79 Å². The first-order valence-corrected chi connectivity index (χ1v) is 13.3. The van der Waals surface area contributed by atoms with Crippen molar-refractivity contribution < 1.29 is 28.6 Å². The van der Waals surface area contributed by atoms with Crippen LogP contribution in [-0.4, -0.2) is 42.9 Å². The number of rotatable bonds is 9. The zero-order valence-corrected chi connectivity index (χ0v) is 22.7. The minimum absolute atomic E-state index is 0.200. The molecular formula is C32H35NO6. The van der Waals surface area contributed by atoms with E-state index < -0.39 is 24.1 Å². The first-order valence-electron chi connectivity index (χ1n) is 13.3. The maximum atomic E-state index is 13.6. The number of carbonyl (C=O) groups excluding carboxylic acids is 3. The molecule has 0 radical (unpaired) electrons. The number of amides is 1. The topological polar surface area (TPSA) is 82.1 Å². The molecule has 1 saturated heterocycles. The molecule has 3 aromatic carbocycles. The van der Waals surface area contributed by atoms with Gasteiger partial charge in [-0.15, -0.1) is 0 Å². The summed E-state index contributed by atoms with van der Waals surface area (Å²) >= 11 is 0. The molecule has 1 amide bonds. The molecule has 0 N–H and O–H groups in total. The second-order valence-electron chi connectivity index (χ2n) is 10.0. The second-order valence-corrected chi connectivity index (χ2v) is 10.0. The smallest absolute Gasteiger partial charge is 0.410 e. The van der Waals surface area contributed by atoms with E-state index in [1.807, 2.05) is 42.5 Å². The van der Waals surface area contributed by atoms with Crippen molar-refractivity contribution in [3.8, 4) is 5.75 Å². The van der Waals surface area contributed by atoms with E-state index in [-0.39, 0.29) is 12.4 Å². The monoisotopic (exact) mass is 529 g/mol. The SMILES string of the molecule is COc1ccc(C(OC(=O)C2CCN(C(=O)OCc3ccccc3)CC2)C(=O)c2ccc(C(C)C)cc2)cc1. The Morgan fingerprint density at radius 1 is 0.846 bits per heavy atom. The van der Waals surface area contributed by atoms with Crippen LogP contribution in [0.3, 0.4) is 0 Å². The summed E-state index contributed by atoms with van der Waals surface area (Å²) in [6.45, 7) is 5.14. The van der Waals surface area contributed by atoms with Crippen molar-refractivity contribution >= 4 is 17.8 Å². The normalized spacial score (nSPS) is 14.5. The van der Waals surface area contributed by atoms with Crippen LogP contribution in [-0.2, 0) is 20.9 Å². The lowest BCUT2D eigenvalue weighted by atomic mass is 9.95. The quantitative estimate of drug-likeness (QED) is 0.238. The summed E-state index contributed by atoms with van der Waals surface area (Å²) in [5.74, 6) is -0.166. The fraction of sp³-hybridized carbons (Fsp3) is 0.344. The van der Waals surface area contributed by atoms with Crippen LogP contribution in [0.15, 0.2) is 78.9 Å². The number of likely N-dealkylation sites (tertiary alicyclic amines) is 1. The largest absolute Gasteiger partial charge is 0.497 e. The fourth-order valence-corrected chi connectivity index (χ4v) is 4.56. The van der Waals surface area contributed by atoms with E-state index in [1.165, 1.54) is 0 Å². The predicted molar refractivity (Wildman–Crippen MR) is 148 cm³/mol. The number of carbonyl (C=O) groups is 3. The Morgan fingerprint density at radius 2 is 1.46 bits per heavy atom. The molecule has 1 aliphatic rings. The van der Waals surface area contributed by atoms with Crippen molar-refractivity contribution in [3.63, 3.8) is 0 Å². The van der Waals surface area contributed by atoms with Crippen LogP contribution in [0.2, 0.25) is 0 Å². The molecule has 4 rings (SSSR count).